The SMILES string of the molecule is CCCNCc1cnc(-c2cccc(C)c2F)s1. The molecule has 0 spiro atoms. The van der Waals surface area contributed by atoms with Crippen molar-refractivity contribution in [3.63, 3.8) is 0 Å². The van der Waals surface area contributed by atoms with Gasteiger partial charge in [0.15, 0.2) is 0 Å². The molecule has 0 saturated carbocycles. The van der Waals surface area contributed by atoms with Crippen molar-refractivity contribution in [2.24, 2.45) is 0 Å². The molecule has 0 fully saturated rings. The Morgan fingerprint density at radius 1 is 1.39 bits per heavy atom. The maximum atomic E-state index is 14.0. The number of halogens is 1. The molecule has 1 N–H and O–H groups in total. The van der Waals surface area contributed by atoms with Crippen molar-refractivity contribution in [2.45, 2.75) is 26.8 Å². The van der Waals surface area contributed by atoms with E-state index in [9.17, 15) is 4.39 Å². The Balaban J connectivity index is 2.16. The summed E-state index contributed by atoms with van der Waals surface area (Å²) < 4.78 is 14.0. The van der Waals surface area contributed by atoms with Crippen molar-refractivity contribution < 1.29 is 4.39 Å². The number of benzene rings is 1. The summed E-state index contributed by atoms with van der Waals surface area (Å²) in [6.07, 6.45) is 2.93. The van der Waals surface area contributed by atoms with Gasteiger partial charge in [0, 0.05) is 23.2 Å². The van der Waals surface area contributed by atoms with Crippen molar-refractivity contribution >= 4 is 11.3 Å². The van der Waals surface area contributed by atoms with Gasteiger partial charge in [-0.25, -0.2) is 9.37 Å². The number of aromatic nitrogens is 1. The number of hydrogen-bond acceptors (Lipinski definition) is 3. The van der Waals surface area contributed by atoms with E-state index in [1.807, 2.05) is 12.3 Å². The van der Waals surface area contributed by atoms with Crippen molar-refractivity contribution in [3.05, 3.63) is 40.7 Å². The fourth-order valence-electron chi connectivity index (χ4n) is 1.71. The van der Waals surface area contributed by atoms with E-state index in [2.05, 4.69) is 17.2 Å². The molecule has 0 saturated heterocycles. The minimum atomic E-state index is -0.167. The Kier molecular flexibility index (Phi) is 4.44. The highest BCUT2D eigenvalue weighted by Crippen LogP contribution is 2.28. The van der Waals surface area contributed by atoms with Gasteiger partial charge in [0.1, 0.15) is 10.8 Å². The van der Waals surface area contributed by atoms with Crippen LogP contribution in [0.15, 0.2) is 24.4 Å². The number of nitrogens with one attached hydrogen (secondary N) is 1. The van der Waals surface area contributed by atoms with Gasteiger partial charge < -0.3 is 5.32 Å². The van der Waals surface area contributed by atoms with Crippen LogP contribution in [0.4, 0.5) is 4.39 Å². The molecule has 0 amide bonds. The lowest BCUT2D eigenvalue weighted by Gasteiger charge is -2.01. The Bertz CT molecular complexity index is 522. The minimum Gasteiger partial charge on any atom is -0.312 e. The lowest BCUT2D eigenvalue weighted by atomic mass is 10.1. The molecule has 4 heteroatoms. The van der Waals surface area contributed by atoms with Crippen molar-refractivity contribution in [2.75, 3.05) is 6.54 Å². The van der Waals surface area contributed by atoms with Crippen LogP contribution in [0.5, 0.6) is 0 Å². The highest BCUT2D eigenvalue weighted by molar-refractivity contribution is 7.15. The molecule has 18 heavy (non-hydrogen) atoms. The Labute approximate surface area is 111 Å². The molecule has 0 aliphatic carbocycles. The van der Waals surface area contributed by atoms with Gasteiger partial charge in [-0.05, 0) is 31.5 Å². The summed E-state index contributed by atoms with van der Waals surface area (Å²) in [5.41, 5.74) is 1.26. The van der Waals surface area contributed by atoms with E-state index in [-0.39, 0.29) is 5.82 Å². The molecule has 1 aromatic heterocycles. The van der Waals surface area contributed by atoms with E-state index in [1.54, 1.807) is 30.4 Å². The van der Waals surface area contributed by atoms with Crippen molar-refractivity contribution in [1.82, 2.24) is 10.3 Å². The van der Waals surface area contributed by atoms with Crippen LogP contribution in [0.25, 0.3) is 10.6 Å². The number of rotatable bonds is 5. The van der Waals surface area contributed by atoms with E-state index >= 15 is 0 Å². The zero-order valence-electron chi connectivity index (χ0n) is 10.7. The zero-order chi connectivity index (χ0) is 13.0. The maximum Gasteiger partial charge on any atom is 0.136 e. The number of aryl methyl sites for hydroxylation is 1. The fraction of sp³-hybridized carbons (Fsp3) is 0.357. The molecule has 0 aliphatic rings. The zero-order valence-corrected chi connectivity index (χ0v) is 11.5. The quantitative estimate of drug-likeness (QED) is 0.832. The van der Waals surface area contributed by atoms with E-state index in [0.717, 1.165) is 29.4 Å². The van der Waals surface area contributed by atoms with Crippen LogP contribution >= 0.6 is 11.3 Å². The van der Waals surface area contributed by atoms with Crippen molar-refractivity contribution in [1.29, 1.82) is 0 Å². The summed E-state index contributed by atoms with van der Waals surface area (Å²) in [6, 6.07) is 5.42. The van der Waals surface area contributed by atoms with E-state index in [4.69, 9.17) is 0 Å². The average Bonchev–Trinajstić information content (AvgIpc) is 2.82. The van der Waals surface area contributed by atoms with Gasteiger partial charge in [-0.1, -0.05) is 19.1 Å². The molecule has 2 rings (SSSR count). The molecule has 0 unspecified atom stereocenters. The predicted molar refractivity (Wildman–Crippen MR) is 74.2 cm³/mol. The second-order valence-electron chi connectivity index (χ2n) is 4.24. The molecule has 1 aromatic carbocycles. The van der Waals surface area contributed by atoms with Crippen LogP contribution in [0.1, 0.15) is 23.8 Å². The van der Waals surface area contributed by atoms with Gasteiger partial charge in [-0.15, -0.1) is 11.3 Å². The molecular weight excluding hydrogens is 247 g/mol. The van der Waals surface area contributed by atoms with Crippen LogP contribution in [0.3, 0.4) is 0 Å². The first-order valence-electron chi connectivity index (χ1n) is 6.13. The van der Waals surface area contributed by atoms with Crippen molar-refractivity contribution in [3.8, 4) is 10.6 Å². The standard InChI is InChI=1S/C14H17FN2S/c1-3-7-16-8-11-9-17-14(18-11)12-6-4-5-10(2)13(12)15/h4-6,9,16H,3,7-8H2,1-2H3. The van der Waals surface area contributed by atoms with E-state index in [0.29, 0.717) is 11.1 Å². The fourth-order valence-corrected chi connectivity index (χ4v) is 2.62. The average molecular weight is 264 g/mol. The Morgan fingerprint density at radius 3 is 3.00 bits per heavy atom. The normalized spacial score (nSPS) is 10.8. The van der Waals surface area contributed by atoms with Gasteiger partial charge in [0.2, 0.25) is 0 Å². The van der Waals surface area contributed by atoms with Crippen LogP contribution in [0.2, 0.25) is 0 Å². The largest absolute Gasteiger partial charge is 0.312 e. The number of thiazole rings is 1. The summed E-state index contributed by atoms with van der Waals surface area (Å²) in [7, 11) is 0. The summed E-state index contributed by atoms with van der Waals surface area (Å²) >= 11 is 1.55. The molecule has 2 aromatic rings. The van der Waals surface area contributed by atoms with Gasteiger partial charge in [-0.3, -0.25) is 0 Å². The summed E-state index contributed by atoms with van der Waals surface area (Å²) in [5.74, 6) is -0.167. The summed E-state index contributed by atoms with van der Waals surface area (Å²) in [6.45, 7) is 5.70. The maximum absolute atomic E-state index is 14.0. The highest BCUT2D eigenvalue weighted by Gasteiger charge is 2.10. The van der Waals surface area contributed by atoms with Gasteiger partial charge >= 0.3 is 0 Å². The minimum absolute atomic E-state index is 0.167. The third-order valence-electron chi connectivity index (χ3n) is 2.70. The van der Waals surface area contributed by atoms with Crippen LogP contribution in [0, 0.1) is 12.7 Å². The molecule has 0 atom stereocenters. The molecule has 0 radical (unpaired) electrons. The summed E-state index contributed by atoms with van der Waals surface area (Å²) in [5, 5.41) is 4.07. The lowest BCUT2D eigenvalue weighted by Crippen LogP contribution is -2.12. The number of nitrogens with zero attached hydrogens (tertiary/aromatic N) is 1. The van der Waals surface area contributed by atoms with E-state index < -0.39 is 0 Å². The first kappa shape index (κ1) is 13.2. The Morgan fingerprint density at radius 2 is 2.22 bits per heavy atom. The molecule has 2 nitrogen and oxygen atoms in total. The molecule has 96 valence electrons. The second kappa shape index (κ2) is 6.07. The van der Waals surface area contributed by atoms with Crippen LogP contribution in [-0.4, -0.2) is 11.5 Å². The predicted octanol–water partition coefficient (Wildman–Crippen LogP) is 3.76. The topological polar surface area (TPSA) is 24.9 Å². The highest BCUT2D eigenvalue weighted by atomic mass is 32.1. The summed E-state index contributed by atoms with van der Waals surface area (Å²) in [4.78, 5) is 5.44. The molecule has 0 aliphatic heterocycles. The lowest BCUT2D eigenvalue weighted by molar-refractivity contribution is 0.622. The smallest absolute Gasteiger partial charge is 0.136 e. The first-order valence-corrected chi connectivity index (χ1v) is 6.95. The van der Waals surface area contributed by atoms with Crippen LogP contribution < -0.4 is 5.32 Å². The Hall–Kier alpha value is -1.26. The third kappa shape index (κ3) is 2.94. The van der Waals surface area contributed by atoms with Gasteiger partial charge in [0.05, 0.1) is 0 Å². The monoisotopic (exact) mass is 264 g/mol. The molecule has 1 heterocycles. The molecular formula is C14H17FN2S. The number of hydrogen-bond donors (Lipinski definition) is 1. The van der Waals surface area contributed by atoms with E-state index in [1.165, 1.54) is 0 Å². The van der Waals surface area contributed by atoms with Crippen LogP contribution in [-0.2, 0) is 6.54 Å². The third-order valence-corrected chi connectivity index (χ3v) is 3.73. The van der Waals surface area contributed by atoms with Gasteiger partial charge in [-0.2, -0.15) is 0 Å². The van der Waals surface area contributed by atoms with Gasteiger partial charge in [0.25, 0.3) is 0 Å². The molecule has 0 bridgehead atoms. The second-order valence-corrected chi connectivity index (χ2v) is 5.36. The first-order chi connectivity index (χ1) is 8.72.